The number of pyridine rings is 1. The average molecular weight is 347 g/mol. The first-order chi connectivity index (χ1) is 12.2. The molecule has 1 unspecified atom stereocenters. The van der Waals surface area contributed by atoms with E-state index in [0.29, 0.717) is 43.2 Å². The predicted octanol–water partition coefficient (Wildman–Crippen LogP) is 1.75. The number of nitrogens with zero attached hydrogens (tertiary/aromatic N) is 1. The van der Waals surface area contributed by atoms with Crippen LogP contribution in [0.5, 0.6) is 5.88 Å². The number of hydrogen-bond donors (Lipinski definition) is 2. The number of morpholine rings is 1. The van der Waals surface area contributed by atoms with Crippen LogP contribution in [0.15, 0.2) is 41.9 Å². The van der Waals surface area contributed by atoms with Crippen LogP contribution in [0.1, 0.15) is 23.7 Å². The molecule has 2 atom stereocenters. The largest absolute Gasteiger partial charge is 0.478 e. The third-order valence-corrected chi connectivity index (χ3v) is 4.10. The molecule has 0 bridgehead atoms. The van der Waals surface area contributed by atoms with Crippen LogP contribution >= 0.6 is 0 Å². The van der Waals surface area contributed by atoms with Crippen molar-refractivity contribution in [3.63, 3.8) is 0 Å². The van der Waals surface area contributed by atoms with Gasteiger partial charge in [0.15, 0.2) is 0 Å². The minimum atomic E-state index is -0.389. The summed E-state index contributed by atoms with van der Waals surface area (Å²) in [7, 11) is 0. The first-order valence-electron chi connectivity index (χ1n) is 8.47. The van der Waals surface area contributed by atoms with Gasteiger partial charge in [0.05, 0.1) is 30.9 Å². The summed E-state index contributed by atoms with van der Waals surface area (Å²) in [5.41, 5.74) is 0.965. The molecule has 0 radical (unpaired) electrons. The Morgan fingerprint density at radius 1 is 1.52 bits per heavy atom. The molecular formula is C18H22FN3O3. The monoisotopic (exact) mass is 347 g/mol. The van der Waals surface area contributed by atoms with Crippen LogP contribution in [0.25, 0.3) is 0 Å². The number of carbonyl (C=O) groups excluding carboxylic acids is 1. The van der Waals surface area contributed by atoms with Crippen LogP contribution in [0.2, 0.25) is 0 Å². The van der Waals surface area contributed by atoms with Crippen LogP contribution in [0, 0.1) is 0 Å². The van der Waals surface area contributed by atoms with E-state index in [2.05, 4.69) is 15.6 Å². The Morgan fingerprint density at radius 3 is 3.04 bits per heavy atom. The van der Waals surface area contributed by atoms with Crippen LogP contribution < -0.4 is 15.4 Å². The Labute approximate surface area is 146 Å². The molecule has 1 aliphatic carbocycles. The molecule has 2 aliphatic rings. The lowest BCUT2D eigenvalue weighted by Crippen LogP contribution is -2.41. The summed E-state index contributed by atoms with van der Waals surface area (Å²) in [5.74, 6) is -0.163. The zero-order valence-corrected chi connectivity index (χ0v) is 14.1. The summed E-state index contributed by atoms with van der Waals surface area (Å²) in [6.45, 7) is 4.33. The van der Waals surface area contributed by atoms with Gasteiger partial charge in [0.2, 0.25) is 5.88 Å². The zero-order chi connectivity index (χ0) is 17.6. The molecule has 0 aromatic carbocycles. The van der Waals surface area contributed by atoms with Crippen molar-refractivity contribution in [1.82, 2.24) is 15.6 Å². The fourth-order valence-electron chi connectivity index (χ4n) is 2.84. The number of carbonyl (C=O) groups is 1. The first-order valence-corrected chi connectivity index (χ1v) is 8.47. The summed E-state index contributed by atoms with van der Waals surface area (Å²) in [6.07, 6.45) is 4.95. The lowest BCUT2D eigenvalue weighted by molar-refractivity contribution is 0.0510. The molecule has 25 heavy (non-hydrogen) atoms. The predicted molar refractivity (Wildman–Crippen MR) is 91.2 cm³/mol. The van der Waals surface area contributed by atoms with E-state index in [1.54, 1.807) is 18.2 Å². The standard InChI is InChI=1S/C18H22FN3O3/c1-2-24-17-6-3-12(10-21-17)18(23)22-13-4-5-14(15(19)9-13)16-11-20-7-8-25-16/h3,5-6,9-10,13,16,20H,2,4,7-8,11H2,1H3,(H,22,23)/t13?,16-/m0/s1. The topological polar surface area (TPSA) is 72.5 Å². The van der Waals surface area contributed by atoms with Crippen molar-refractivity contribution in [2.24, 2.45) is 0 Å². The maximum Gasteiger partial charge on any atom is 0.253 e. The maximum atomic E-state index is 14.4. The van der Waals surface area contributed by atoms with Crippen molar-refractivity contribution >= 4 is 5.91 Å². The fraction of sp³-hybridized carbons (Fsp3) is 0.444. The van der Waals surface area contributed by atoms with E-state index in [9.17, 15) is 9.18 Å². The van der Waals surface area contributed by atoms with E-state index in [-0.39, 0.29) is 23.9 Å². The molecule has 1 amide bonds. The van der Waals surface area contributed by atoms with Crippen LogP contribution in [0.3, 0.4) is 0 Å². The summed E-state index contributed by atoms with van der Waals surface area (Å²) >= 11 is 0. The number of aromatic nitrogens is 1. The van der Waals surface area contributed by atoms with E-state index in [4.69, 9.17) is 9.47 Å². The van der Waals surface area contributed by atoms with Gasteiger partial charge in [0, 0.05) is 30.9 Å². The molecule has 3 rings (SSSR count). The quantitative estimate of drug-likeness (QED) is 0.849. The van der Waals surface area contributed by atoms with Crippen molar-refractivity contribution in [2.75, 3.05) is 26.3 Å². The number of nitrogens with one attached hydrogen (secondary N) is 2. The summed E-state index contributed by atoms with van der Waals surface area (Å²) in [5, 5.41) is 5.99. The number of halogens is 1. The van der Waals surface area contributed by atoms with Crippen molar-refractivity contribution < 1.29 is 18.7 Å². The van der Waals surface area contributed by atoms with E-state index < -0.39 is 0 Å². The fourth-order valence-corrected chi connectivity index (χ4v) is 2.84. The van der Waals surface area contributed by atoms with Gasteiger partial charge in [-0.3, -0.25) is 4.79 Å². The van der Waals surface area contributed by atoms with Crippen molar-refractivity contribution in [3.05, 3.63) is 47.4 Å². The highest BCUT2D eigenvalue weighted by Gasteiger charge is 2.25. The molecule has 1 aliphatic heterocycles. The Kier molecular flexibility index (Phi) is 5.78. The van der Waals surface area contributed by atoms with E-state index in [1.807, 2.05) is 6.92 Å². The Morgan fingerprint density at radius 2 is 2.40 bits per heavy atom. The third-order valence-electron chi connectivity index (χ3n) is 4.10. The smallest absolute Gasteiger partial charge is 0.253 e. The van der Waals surface area contributed by atoms with Crippen molar-refractivity contribution in [1.29, 1.82) is 0 Å². The SMILES string of the molecule is CCOc1ccc(C(=O)NC2C=C(F)C([C@@H]3CNCCO3)=CC2)cn1. The average Bonchev–Trinajstić information content (AvgIpc) is 2.63. The normalized spacial score (nSPS) is 23.4. The summed E-state index contributed by atoms with van der Waals surface area (Å²) in [6, 6.07) is 2.89. The Bertz CT molecular complexity index is 667. The van der Waals surface area contributed by atoms with E-state index in [1.165, 1.54) is 12.3 Å². The molecule has 0 saturated carbocycles. The first kappa shape index (κ1) is 17.6. The molecule has 1 saturated heterocycles. The molecule has 1 fully saturated rings. The van der Waals surface area contributed by atoms with Crippen molar-refractivity contribution in [2.45, 2.75) is 25.5 Å². The molecule has 2 heterocycles. The minimum absolute atomic E-state index is 0.267. The molecule has 1 aromatic rings. The van der Waals surface area contributed by atoms with Gasteiger partial charge in [-0.2, -0.15) is 0 Å². The van der Waals surface area contributed by atoms with Crippen LogP contribution in [-0.2, 0) is 4.74 Å². The minimum Gasteiger partial charge on any atom is -0.478 e. The molecule has 7 heteroatoms. The van der Waals surface area contributed by atoms with Gasteiger partial charge >= 0.3 is 0 Å². The van der Waals surface area contributed by atoms with Gasteiger partial charge in [0.1, 0.15) is 5.83 Å². The second-order valence-corrected chi connectivity index (χ2v) is 5.87. The Hall–Kier alpha value is -2.25. The molecular weight excluding hydrogens is 325 g/mol. The summed E-state index contributed by atoms with van der Waals surface area (Å²) in [4.78, 5) is 16.3. The molecule has 6 nitrogen and oxygen atoms in total. The number of amides is 1. The maximum absolute atomic E-state index is 14.4. The van der Waals surface area contributed by atoms with Gasteiger partial charge in [-0.15, -0.1) is 0 Å². The lowest BCUT2D eigenvalue weighted by Gasteiger charge is -2.28. The number of hydrogen-bond acceptors (Lipinski definition) is 5. The van der Waals surface area contributed by atoms with Crippen LogP contribution in [0.4, 0.5) is 4.39 Å². The van der Waals surface area contributed by atoms with Gasteiger partial charge in [-0.1, -0.05) is 6.08 Å². The highest BCUT2D eigenvalue weighted by atomic mass is 19.1. The van der Waals surface area contributed by atoms with Gasteiger partial charge in [-0.05, 0) is 25.5 Å². The van der Waals surface area contributed by atoms with Gasteiger partial charge in [-0.25, -0.2) is 9.37 Å². The molecule has 134 valence electrons. The highest BCUT2D eigenvalue weighted by molar-refractivity contribution is 5.94. The zero-order valence-electron chi connectivity index (χ0n) is 14.1. The van der Waals surface area contributed by atoms with Gasteiger partial charge < -0.3 is 20.1 Å². The Balaban J connectivity index is 1.58. The van der Waals surface area contributed by atoms with E-state index in [0.717, 1.165) is 6.54 Å². The molecule has 0 spiro atoms. The number of rotatable bonds is 5. The van der Waals surface area contributed by atoms with E-state index >= 15 is 0 Å². The molecule has 2 N–H and O–H groups in total. The third kappa shape index (κ3) is 4.43. The lowest BCUT2D eigenvalue weighted by atomic mass is 9.97. The number of ether oxygens (including phenoxy) is 2. The second-order valence-electron chi connectivity index (χ2n) is 5.87. The van der Waals surface area contributed by atoms with Crippen LogP contribution in [-0.4, -0.2) is 49.3 Å². The molecule has 1 aromatic heterocycles. The second kappa shape index (κ2) is 8.22. The highest BCUT2D eigenvalue weighted by Crippen LogP contribution is 2.25. The van der Waals surface area contributed by atoms with Crippen molar-refractivity contribution in [3.8, 4) is 5.88 Å². The summed E-state index contributed by atoms with van der Waals surface area (Å²) < 4.78 is 25.2. The van der Waals surface area contributed by atoms with Gasteiger partial charge in [0.25, 0.3) is 5.91 Å².